The molecule has 0 fully saturated rings. The Morgan fingerprint density at radius 1 is 1.22 bits per heavy atom. The van der Waals surface area contributed by atoms with Gasteiger partial charge in [-0.25, -0.2) is 17.6 Å². The number of nitrogens with one attached hydrogen (secondary N) is 2. The predicted molar refractivity (Wildman–Crippen MR) is 98.3 cm³/mol. The first-order valence-corrected chi connectivity index (χ1v) is 9.94. The average molecular weight is 413 g/mol. The Bertz CT molecular complexity index is 1020. The molecule has 1 aliphatic rings. The summed E-state index contributed by atoms with van der Waals surface area (Å²) in [6.45, 7) is 0. The molecule has 10 heteroatoms. The Balaban J connectivity index is 1.79. The number of halogens is 2. The van der Waals surface area contributed by atoms with Crippen molar-refractivity contribution in [3.63, 3.8) is 0 Å². The molecule has 2 aromatic carbocycles. The normalized spacial score (nSPS) is 16.2. The minimum atomic E-state index is -3.88. The largest absolute Gasteiger partial charge is 0.478 e. The average Bonchev–Trinajstić information content (AvgIpc) is 2.58. The van der Waals surface area contributed by atoms with Gasteiger partial charge < -0.3 is 15.7 Å². The predicted octanol–water partition coefficient (Wildman–Crippen LogP) is 2.52. The fraction of sp³-hybridized carbons (Fsp3) is 0.176. The van der Waals surface area contributed by atoms with Crippen molar-refractivity contribution in [3.8, 4) is 0 Å². The first-order chi connectivity index (χ1) is 12.7. The Morgan fingerprint density at radius 3 is 2.63 bits per heavy atom. The number of anilines is 2. The lowest BCUT2D eigenvalue weighted by Crippen LogP contribution is -2.43. The molecule has 0 radical (unpaired) electrons. The number of benzene rings is 2. The van der Waals surface area contributed by atoms with Crippen LogP contribution in [0.5, 0.6) is 0 Å². The molecule has 3 N–H and O–H groups in total. The van der Waals surface area contributed by atoms with Crippen LogP contribution in [-0.2, 0) is 20.4 Å². The molecule has 7 nitrogen and oxygen atoms in total. The van der Waals surface area contributed by atoms with Crippen LogP contribution in [-0.4, -0.2) is 37.2 Å². The molecule has 0 spiro atoms. The number of carboxylic acid groups (broad SMARTS) is 1. The molecule has 1 unspecified atom stereocenters. The first-order valence-electron chi connectivity index (χ1n) is 7.74. The van der Waals surface area contributed by atoms with E-state index in [-0.39, 0.29) is 21.8 Å². The lowest BCUT2D eigenvalue weighted by Gasteiger charge is -2.27. The molecular weight excluding hydrogens is 399 g/mol. The highest BCUT2D eigenvalue weighted by molar-refractivity contribution is 7.90. The van der Waals surface area contributed by atoms with Crippen molar-refractivity contribution < 1.29 is 27.5 Å². The monoisotopic (exact) mass is 412 g/mol. The maximum absolute atomic E-state index is 13.8. The number of hydrogen-bond acceptors (Lipinski definition) is 5. The van der Waals surface area contributed by atoms with Crippen molar-refractivity contribution in [2.45, 2.75) is 11.8 Å². The van der Waals surface area contributed by atoms with E-state index in [1.54, 1.807) is 0 Å². The van der Waals surface area contributed by atoms with Gasteiger partial charge in [-0.05, 0) is 30.3 Å². The maximum atomic E-state index is 13.8. The number of carbonyl (C=O) groups excluding carboxylic acids is 1. The highest BCUT2D eigenvalue weighted by atomic mass is 35.5. The smallest absolute Gasteiger partial charge is 0.335 e. The van der Waals surface area contributed by atoms with Gasteiger partial charge in [0.25, 0.3) is 0 Å². The minimum Gasteiger partial charge on any atom is -0.478 e. The zero-order valence-corrected chi connectivity index (χ0v) is 15.3. The van der Waals surface area contributed by atoms with Gasteiger partial charge >= 0.3 is 5.97 Å². The molecule has 1 amide bonds. The highest BCUT2D eigenvalue weighted by Crippen LogP contribution is 2.29. The fourth-order valence-electron chi connectivity index (χ4n) is 2.70. The fourth-order valence-corrected chi connectivity index (χ4v) is 4.60. The Morgan fingerprint density at radius 2 is 1.96 bits per heavy atom. The topological polar surface area (TPSA) is 113 Å². The standard InChI is InChI=1S/C17H14ClFN2O5S/c18-11-2-1-3-12(19)10(11)7-27(25,26)8-15-16(22)21-14-6-9(17(23)24)4-5-13(14)20-15/h1-6,15,20H,7-8H2,(H,21,22)(H,23,24). The summed E-state index contributed by atoms with van der Waals surface area (Å²) in [4.78, 5) is 23.2. The van der Waals surface area contributed by atoms with Crippen LogP contribution >= 0.6 is 11.6 Å². The van der Waals surface area contributed by atoms with E-state index in [0.29, 0.717) is 5.69 Å². The summed E-state index contributed by atoms with van der Waals surface area (Å²) < 4.78 is 38.7. The Kier molecular flexibility index (Phi) is 5.07. The van der Waals surface area contributed by atoms with E-state index in [9.17, 15) is 22.4 Å². The second kappa shape index (κ2) is 7.16. The number of fused-ring (bicyclic) bond motifs is 1. The first kappa shape index (κ1) is 19.1. The summed E-state index contributed by atoms with van der Waals surface area (Å²) in [5, 5.41) is 14.2. The van der Waals surface area contributed by atoms with Gasteiger partial charge in [-0.2, -0.15) is 0 Å². The number of amides is 1. The molecule has 27 heavy (non-hydrogen) atoms. The number of rotatable bonds is 5. The molecule has 142 valence electrons. The van der Waals surface area contributed by atoms with E-state index in [1.165, 1.54) is 30.3 Å². The van der Waals surface area contributed by atoms with Gasteiger partial charge in [0.05, 0.1) is 28.4 Å². The van der Waals surface area contributed by atoms with Gasteiger partial charge in [0, 0.05) is 10.6 Å². The van der Waals surface area contributed by atoms with Crippen LogP contribution in [0.25, 0.3) is 0 Å². The zero-order valence-electron chi connectivity index (χ0n) is 13.7. The van der Waals surface area contributed by atoms with Gasteiger partial charge in [-0.3, -0.25) is 4.79 Å². The third-order valence-corrected chi connectivity index (χ3v) is 5.94. The van der Waals surface area contributed by atoms with Crippen LogP contribution in [0.15, 0.2) is 36.4 Å². The third-order valence-electron chi connectivity index (χ3n) is 4.02. The van der Waals surface area contributed by atoms with Crippen LogP contribution in [0, 0.1) is 5.82 Å². The van der Waals surface area contributed by atoms with Gasteiger partial charge in [-0.1, -0.05) is 17.7 Å². The van der Waals surface area contributed by atoms with Crippen molar-refractivity contribution >= 4 is 44.7 Å². The summed E-state index contributed by atoms with van der Waals surface area (Å²) in [7, 11) is -3.88. The third kappa shape index (κ3) is 4.20. The number of carbonyl (C=O) groups is 2. The summed E-state index contributed by atoms with van der Waals surface area (Å²) in [5.41, 5.74) is 0.465. The second-order valence-corrected chi connectivity index (χ2v) is 8.52. The molecule has 0 saturated carbocycles. The van der Waals surface area contributed by atoms with Crippen LogP contribution in [0.3, 0.4) is 0 Å². The summed E-state index contributed by atoms with van der Waals surface area (Å²) in [5.74, 6) is -3.75. The molecule has 1 aliphatic heterocycles. The maximum Gasteiger partial charge on any atom is 0.335 e. The molecular formula is C17H14ClFN2O5S. The van der Waals surface area contributed by atoms with E-state index in [2.05, 4.69) is 10.6 Å². The lowest BCUT2D eigenvalue weighted by atomic mass is 10.1. The van der Waals surface area contributed by atoms with Crippen molar-refractivity contribution in [3.05, 3.63) is 58.4 Å². The Hall–Kier alpha value is -2.65. The van der Waals surface area contributed by atoms with Crippen molar-refractivity contribution in [2.24, 2.45) is 0 Å². The molecule has 0 bridgehead atoms. The van der Waals surface area contributed by atoms with E-state index < -0.39 is 45.1 Å². The van der Waals surface area contributed by atoms with E-state index >= 15 is 0 Å². The SMILES string of the molecule is O=C(O)c1ccc2c(c1)NC(=O)C(CS(=O)(=O)Cc1c(F)cccc1Cl)N2. The molecule has 0 aromatic heterocycles. The quantitative estimate of drug-likeness (QED) is 0.695. The number of hydrogen-bond donors (Lipinski definition) is 3. The molecule has 3 rings (SSSR count). The van der Waals surface area contributed by atoms with E-state index in [0.717, 1.165) is 6.07 Å². The van der Waals surface area contributed by atoms with Crippen LogP contribution in [0.2, 0.25) is 5.02 Å². The minimum absolute atomic E-state index is 0.00817. The van der Waals surface area contributed by atoms with Crippen LogP contribution < -0.4 is 10.6 Å². The summed E-state index contributed by atoms with van der Waals surface area (Å²) in [6.07, 6.45) is 0. The van der Waals surface area contributed by atoms with E-state index in [4.69, 9.17) is 16.7 Å². The Labute approximate surface area is 159 Å². The molecule has 0 saturated heterocycles. The second-order valence-electron chi connectivity index (χ2n) is 6.01. The number of sulfone groups is 1. The molecule has 0 aliphatic carbocycles. The van der Waals surface area contributed by atoms with Crippen molar-refractivity contribution in [2.75, 3.05) is 16.4 Å². The van der Waals surface area contributed by atoms with E-state index in [1.807, 2.05) is 0 Å². The van der Waals surface area contributed by atoms with Gasteiger partial charge in [0.2, 0.25) is 5.91 Å². The number of carboxylic acids is 1. The summed E-state index contributed by atoms with van der Waals surface area (Å²) in [6, 6.07) is 6.79. The molecule has 1 atom stereocenters. The van der Waals surface area contributed by atoms with Crippen LogP contribution in [0.1, 0.15) is 15.9 Å². The highest BCUT2D eigenvalue weighted by Gasteiger charge is 2.31. The van der Waals surface area contributed by atoms with Gasteiger partial charge in [-0.15, -0.1) is 0 Å². The summed E-state index contributed by atoms with van der Waals surface area (Å²) >= 11 is 5.87. The zero-order chi connectivity index (χ0) is 19.8. The lowest BCUT2D eigenvalue weighted by molar-refractivity contribution is -0.116. The molecule has 2 aromatic rings. The van der Waals surface area contributed by atoms with Crippen molar-refractivity contribution in [1.29, 1.82) is 0 Å². The number of aromatic carboxylic acids is 1. The van der Waals surface area contributed by atoms with Crippen LogP contribution in [0.4, 0.5) is 15.8 Å². The van der Waals surface area contributed by atoms with Crippen molar-refractivity contribution in [1.82, 2.24) is 0 Å². The van der Waals surface area contributed by atoms with Gasteiger partial charge in [0.15, 0.2) is 9.84 Å². The van der Waals surface area contributed by atoms with Gasteiger partial charge in [0.1, 0.15) is 11.9 Å². The molecule has 1 heterocycles.